The molecule has 0 saturated carbocycles. The number of hydrazone groups is 1. The van der Waals surface area contributed by atoms with Crippen molar-refractivity contribution in [1.29, 1.82) is 0 Å². The summed E-state index contributed by atoms with van der Waals surface area (Å²) < 4.78 is 10.8. The average Bonchev–Trinajstić information content (AvgIpc) is 3.24. The van der Waals surface area contributed by atoms with Crippen LogP contribution in [0.5, 0.6) is 11.5 Å². The van der Waals surface area contributed by atoms with Gasteiger partial charge in [-0.05, 0) is 66.8 Å². The number of hydrogen-bond acceptors (Lipinski definition) is 6. The van der Waals surface area contributed by atoms with E-state index in [0.29, 0.717) is 16.4 Å². The van der Waals surface area contributed by atoms with E-state index < -0.39 is 5.97 Å². The summed E-state index contributed by atoms with van der Waals surface area (Å²) in [7, 11) is 0. The van der Waals surface area contributed by atoms with Crippen LogP contribution >= 0.6 is 11.3 Å². The van der Waals surface area contributed by atoms with Crippen molar-refractivity contribution in [3.8, 4) is 11.5 Å². The minimum Gasteiger partial charge on any atom is -0.483 e. The van der Waals surface area contributed by atoms with E-state index in [1.54, 1.807) is 36.4 Å². The Kier molecular flexibility index (Phi) is 6.76. The molecule has 0 atom stereocenters. The van der Waals surface area contributed by atoms with Gasteiger partial charge in [0.15, 0.2) is 6.61 Å². The summed E-state index contributed by atoms with van der Waals surface area (Å²) in [6, 6.07) is 16.1. The van der Waals surface area contributed by atoms with E-state index in [1.807, 2.05) is 37.4 Å². The van der Waals surface area contributed by atoms with Gasteiger partial charge in [0.05, 0.1) is 6.21 Å². The SMILES string of the molecule is Cc1ccc(OCC(=O)N/N=C\c2ccc(OC(=O)c3cccs3)cc2)c(C)c1. The summed E-state index contributed by atoms with van der Waals surface area (Å²) in [6.07, 6.45) is 1.50. The van der Waals surface area contributed by atoms with E-state index in [2.05, 4.69) is 10.5 Å². The third kappa shape index (κ3) is 6.02. The van der Waals surface area contributed by atoms with Gasteiger partial charge in [-0.15, -0.1) is 11.3 Å². The van der Waals surface area contributed by atoms with Crippen LogP contribution in [0.4, 0.5) is 0 Å². The molecule has 0 aliphatic rings. The quantitative estimate of drug-likeness (QED) is 0.276. The molecule has 0 aliphatic heterocycles. The van der Waals surface area contributed by atoms with E-state index >= 15 is 0 Å². The van der Waals surface area contributed by atoms with Gasteiger partial charge in [0.2, 0.25) is 0 Å². The number of ether oxygens (including phenoxy) is 2. The van der Waals surface area contributed by atoms with Crippen molar-refractivity contribution in [3.05, 3.63) is 81.5 Å². The van der Waals surface area contributed by atoms with Crippen molar-refractivity contribution >= 4 is 29.4 Å². The van der Waals surface area contributed by atoms with E-state index in [9.17, 15) is 9.59 Å². The number of carbonyl (C=O) groups is 2. The second-order valence-electron chi connectivity index (χ2n) is 6.29. The molecule has 2 aromatic carbocycles. The number of amides is 1. The van der Waals surface area contributed by atoms with E-state index in [4.69, 9.17) is 9.47 Å². The van der Waals surface area contributed by atoms with E-state index in [-0.39, 0.29) is 12.5 Å². The van der Waals surface area contributed by atoms with Crippen LogP contribution in [0, 0.1) is 13.8 Å². The number of aryl methyl sites for hydroxylation is 2. The largest absolute Gasteiger partial charge is 0.483 e. The van der Waals surface area contributed by atoms with Crippen molar-refractivity contribution in [2.75, 3.05) is 6.61 Å². The molecular formula is C22H20N2O4S. The molecule has 0 aliphatic carbocycles. The van der Waals surface area contributed by atoms with Crippen molar-refractivity contribution in [2.45, 2.75) is 13.8 Å². The molecule has 29 heavy (non-hydrogen) atoms. The molecule has 3 rings (SSSR count). The number of hydrogen-bond donors (Lipinski definition) is 1. The van der Waals surface area contributed by atoms with Crippen LogP contribution in [0.1, 0.15) is 26.4 Å². The minimum absolute atomic E-state index is 0.126. The van der Waals surface area contributed by atoms with Gasteiger partial charge in [-0.2, -0.15) is 5.10 Å². The summed E-state index contributed by atoms with van der Waals surface area (Å²) in [5.74, 6) is 0.356. The highest BCUT2D eigenvalue weighted by molar-refractivity contribution is 7.12. The van der Waals surface area contributed by atoms with Crippen LogP contribution in [0.15, 0.2) is 65.1 Å². The van der Waals surface area contributed by atoms with Crippen LogP contribution in [-0.4, -0.2) is 24.7 Å². The predicted molar refractivity (Wildman–Crippen MR) is 113 cm³/mol. The number of benzene rings is 2. The molecule has 0 fully saturated rings. The standard InChI is InChI=1S/C22H20N2O4S/c1-15-5-10-19(16(2)12-15)27-14-21(25)24-23-13-17-6-8-18(9-7-17)28-22(26)20-4-3-11-29-20/h3-13H,14H2,1-2H3,(H,24,25)/b23-13-. The zero-order valence-corrected chi connectivity index (χ0v) is 16.9. The van der Waals surface area contributed by atoms with Gasteiger partial charge < -0.3 is 9.47 Å². The predicted octanol–water partition coefficient (Wildman–Crippen LogP) is 4.11. The van der Waals surface area contributed by atoms with Gasteiger partial charge in [0.1, 0.15) is 16.4 Å². The molecule has 0 radical (unpaired) electrons. The number of thiophene rings is 1. The first kappa shape index (κ1) is 20.3. The Balaban J connectivity index is 1.46. The summed E-state index contributed by atoms with van der Waals surface area (Å²) in [5.41, 5.74) is 5.27. The maximum absolute atomic E-state index is 11.9. The number of rotatable bonds is 7. The van der Waals surface area contributed by atoms with Crippen molar-refractivity contribution < 1.29 is 19.1 Å². The highest BCUT2D eigenvalue weighted by atomic mass is 32.1. The van der Waals surface area contributed by atoms with Crippen LogP contribution in [0.2, 0.25) is 0 Å². The van der Waals surface area contributed by atoms with E-state index in [0.717, 1.165) is 16.7 Å². The Morgan fingerprint density at radius 3 is 2.59 bits per heavy atom. The molecule has 1 N–H and O–H groups in total. The molecule has 0 saturated heterocycles. The Labute approximate surface area is 172 Å². The molecular weight excluding hydrogens is 388 g/mol. The molecule has 0 unspecified atom stereocenters. The molecule has 7 heteroatoms. The number of nitrogens with zero attached hydrogens (tertiary/aromatic N) is 1. The minimum atomic E-state index is -0.391. The fourth-order valence-corrected chi connectivity index (χ4v) is 3.09. The molecule has 1 aromatic heterocycles. The lowest BCUT2D eigenvalue weighted by atomic mass is 10.1. The fourth-order valence-electron chi connectivity index (χ4n) is 2.49. The van der Waals surface area contributed by atoms with Crippen molar-refractivity contribution in [3.63, 3.8) is 0 Å². The Morgan fingerprint density at radius 1 is 1.10 bits per heavy atom. The lowest BCUT2D eigenvalue weighted by Crippen LogP contribution is -2.24. The van der Waals surface area contributed by atoms with Crippen molar-refractivity contribution in [2.24, 2.45) is 5.10 Å². The number of esters is 1. The molecule has 148 valence electrons. The summed E-state index contributed by atoms with van der Waals surface area (Å²) in [5, 5.41) is 5.73. The van der Waals surface area contributed by atoms with Gasteiger partial charge in [-0.1, -0.05) is 23.8 Å². The maximum Gasteiger partial charge on any atom is 0.353 e. The molecule has 3 aromatic rings. The van der Waals surface area contributed by atoms with Crippen LogP contribution in [-0.2, 0) is 4.79 Å². The molecule has 1 heterocycles. The third-order valence-electron chi connectivity index (χ3n) is 3.91. The zero-order valence-electron chi connectivity index (χ0n) is 16.0. The summed E-state index contributed by atoms with van der Waals surface area (Å²) >= 11 is 1.32. The normalized spacial score (nSPS) is 10.7. The average molecular weight is 408 g/mol. The Bertz CT molecular complexity index is 1010. The molecule has 6 nitrogen and oxygen atoms in total. The monoisotopic (exact) mass is 408 g/mol. The van der Waals surface area contributed by atoms with E-state index in [1.165, 1.54) is 17.6 Å². The van der Waals surface area contributed by atoms with Crippen LogP contribution in [0.25, 0.3) is 0 Å². The summed E-state index contributed by atoms with van der Waals surface area (Å²) in [4.78, 5) is 24.3. The molecule has 1 amide bonds. The first-order valence-electron chi connectivity index (χ1n) is 8.89. The van der Waals surface area contributed by atoms with Gasteiger partial charge in [0.25, 0.3) is 5.91 Å². The second kappa shape index (κ2) is 9.66. The maximum atomic E-state index is 11.9. The first-order chi connectivity index (χ1) is 14.0. The Hall–Kier alpha value is -3.45. The third-order valence-corrected chi connectivity index (χ3v) is 4.75. The summed E-state index contributed by atoms with van der Waals surface area (Å²) in [6.45, 7) is 3.80. The first-order valence-corrected chi connectivity index (χ1v) is 9.77. The second-order valence-corrected chi connectivity index (χ2v) is 7.23. The smallest absolute Gasteiger partial charge is 0.353 e. The molecule has 0 bridgehead atoms. The lowest BCUT2D eigenvalue weighted by molar-refractivity contribution is -0.123. The van der Waals surface area contributed by atoms with Gasteiger partial charge in [0, 0.05) is 0 Å². The van der Waals surface area contributed by atoms with Gasteiger partial charge >= 0.3 is 5.97 Å². The van der Waals surface area contributed by atoms with Crippen LogP contribution < -0.4 is 14.9 Å². The van der Waals surface area contributed by atoms with Gasteiger partial charge in [-0.25, -0.2) is 10.2 Å². The Morgan fingerprint density at radius 2 is 1.90 bits per heavy atom. The fraction of sp³-hybridized carbons (Fsp3) is 0.136. The van der Waals surface area contributed by atoms with Crippen LogP contribution in [0.3, 0.4) is 0 Å². The number of carbonyl (C=O) groups excluding carboxylic acids is 2. The highest BCUT2D eigenvalue weighted by Gasteiger charge is 2.09. The zero-order chi connectivity index (χ0) is 20.6. The highest BCUT2D eigenvalue weighted by Crippen LogP contribution is 2.18. The number of nitrogens with one attached hydrogen (secondary N) is 1. The molecule has 0 spiro atoms. The van der Waals surface area contributed by atoms with Gasteiger partial charge in [-0.3, -0.25) is 4.79 Å². The van der Waals surface area contributed by atoms with Crippen molar-refractivity contribution in [1.82, 2.24) is 5.43 Å². The topological polar surface area (TPSA) is 77.0 Å². The lowest BCUT2D eigenvalue weighted by Gasteiger charge is -2.08.